The first kappa shape index (κ1) is 18.6. The fourth-order valence-electron chi connectivity index (χ4n) is 4.99. The summed E-state index contributed by atoms with van der Waals surface area (Å²) in [6.07, 6.45) is 5.55. The summed E-state index contributed by atoms with van der Waals surface area (Å²) in [4.78, 5) is 17.0. The zero-order valence-corrected chi connectivity index (χ0v) is 17.3. The van der Waals surface area contributed by atoms with Crippen LogP contribution in [0, 0.1) is 38.5 Å². The summed E-state index contributed by atoms with van der Waals surface area (Å²) in [6.45, 7) is 8.34. The van der Waals surface area contributed by atoms with Gasteiger partial charge >= 0.3 is 0 Å². The highest BCUT2D eigenvalue weighted by atomic mass is 32.2. The lowest BCUT2D eigenvalue weighted by Gasteiger charge is -2.30. The van der Waals surface area contributed by atoms with E-state index in [9.17, 15) is 4.79 Å². The molecule has 6 nitrogen and oxygen atoms in total. The van der Waals surface area contributed by atoms with Crippen molar-refractivity contribution in [2.45, 2.75) is 64.6 Å². The molecule has 27 heavy (non-hydrogen) atoms. The Morgan fingerprint density at radius 3 is 2.81 bits per heavy atom. The summed E-state index contributed by atoms with van der Waals surface area (Å²) in [5.74, 6) is 3.89. The van der Waals surface area contributed by atoms with Crippen LogP contribution in [0.15, 0.2) is 15.7 Å². The molecular formula is C20H28N4O2S. The zero-order valence-electron chi connectivity index (χ0n) is 16.5. The van der Waals surface area contributed by atoms with Gasteiger partial charge in [0.05, 0.1) is 11.4 Å². The van der Waals surface area contributed by atoms with Crippen LogP contribution in [0.4, 0.5) is 5.82 Å². The van der Waals surface area contributed by atoms with E-state index in [1.54, 1.807) is 13.0 Å². The predicted octanol–water partition coefficient (Wildman–Crippen LogP) is 4.52. The average Bonchev–Trinajstić information content (AvgIpc) is 3.39. The molecule has 2 saturated carbocycles. The molecule has 0 spiro atoms. The quantitative estimate of drug-likeness (QED) is 0.736. The molecule has 0 aliphatic heterocycles. The lowest BCUT2D eigenvalue weighted by Crippen LogP contribution is -2.23. The topological polar surface area (TPSA) is 73.0 Å². The third-order valence-corrected chi connectivity index (χ3v) is 7.35. The van der Waals surface area contributed by atoms with E-state index in [2.05, 4.69) is 35.8 Å². The zero-order chi connectivity index (χ0) is 19.1. The molecule has 0 saturated heterocycles. The Labute approximate surface area is 164 Å². The van der Waals surface area contributed by atoms with Gasteiger partial charge in [-0.2, -0.15) is 0 Å². The Bertz CT molecular complexity index is 843. The number of rotatable bonds is 6. The second-order valence-electron chi connectivity index (χ2n) is 8.17. The molecule has 7 heteroatoms. The van der Waals surface area contributed by atoms with Crippen LogP contribution in [-0.2, 0) is 4.79 Å². The first-order chi connectivity index (χ1) is 12.9. The van der Waals surface area contributed by atoms with Crippen molar-refractivity contribution in [1.82, 2.24) is 14.7 Å². The highest BCUT2D eigenvalue weighted by molar-refractivity contribution is 7.99. The number of fused-ring (bicyclic) bond motifs is 2. The van der Waals surface area contributed by atoms with Gasteiger partial charge in [0.25, 0.3) is 0 Å². The molecule has 2 aromatic rings. The number of nitrogens with zero attached hydrogens (tertiary/aromatic N) is 3. The monoisotopic (exact) mass is 388 g/mol. The number of hydrogen-bond acceptors (Lipinski definition) is 5. The van der Waals surface area contributed by atoms with Gasteiger partial charge in [0.15, 0.2) is 11.0 Å². The van der Waals surface area contributed by atoms with Crippen molar-refractivity contribution in [3.8, 4) is 0 Å². The van der Waals surface area contributed by atoms with Gasteiger partial charge in [0.1, 0.15) is 5.76 Å². The molecule has 2 heterocycles. The van der Waals surface area contributed by atoms with E-state index in [0.717, 1.165) is 28.6 Å². The number of hydrogen-bond donors (Lipinski definition) is 1. The fraction of sp³-hybridized carbons (Fsp3) is 0.650. The number of aryl methyl sites for hydroxylation is 2. The van der Waals surface area contributed by atoms with Crippen LogP contribution in [0.3, 0.4) is 0 Å². The minimum Gasteiger partial charge on any atom is -0.360 e. The summed E-state index contributed by atoms with van der Waals surface area (Å²) in [6, 6.07) is 2.15. The van der Waals surface area contributed by atoms with Gasteiger partial charge in [-0.25, -0.2) is 4.98 Å². The number of thioether (sulfide) groups is 1. The minimum atomic E-state index is -0.0919. The molecule has 1 amide bonds. The molecule has 2 bridgehead atoms. The van der Waals surface area contributed by atoms with Crippen LogP contribution in [0.1, 0.15) is 55.8 Å². The van der Waals surface area contributed by atoms with Crippen LogP contribution in [0.2, 0.25) is 0 Å². The second-order valence-corrected chi connectivity index (χ2v) is 9.12. The Morgan fingerprint density at radius 2 is 2.19 bits per heavy atom. The average molecular weight is 389 g/mol. The van der Waals surface area contributed by atoms with E-state index in [-0.39, 0.29) is 5.91 Å². The van der Waals surface area contributed by atoms with Crippen molar-refractivity contribution in [3.63, 3.8) is 0 Å². The number of anilines is 1. The summed E-state index contributed by atoms with van der Waals surface area (Å²) in [5.41, 5.74) is 2.28. The van der Waals surface area contributed by atoms with Gasteiger partial charge in [0, 0.05) is 17.8 Å². The van der Waals surface area contributed by atoms with E-state index in [1.807, 2.05) is 0 Å². The molecule has 0 aromatic carbocycles. The van der Waals surface area contributed by atoms with Gasteiger partial charge in [-0.3, -0.25) is 4.79 Å². The van der Waals surface area contributed by atoms with Crippen molar-refractivity contribution in [1.29, 1.82) is 0 Å². The molecule has 1 N–H and O–H groups in total. The van der Waals surface area contributed by atoms with E-state index in [1.165, 1.54) is 43.1 Å². The first-order valence-corrected chi connectivity index (χ1v) is 10.8. The van der Waals surface area contributed by atoms with Gasteiger partial charge < -0.3 is 14.4 Å². The minimum absolute atomic E-state index is 0.0919. The number of amides is 1. The van der Waals surface area contributed by atoms with Crippen molar-refractivity contribution >= 4 is 23.5 Å². The maximum absolute atomic E-state index is 12.3. The standard InChI is InChI=1S/C20H28N4O2S/c1-11-7-18(23-26-11)22-19(25)10-27-20-21-12(2)13(3)24(20)14(4)17-9-15-5-6-16(17)8-15/h7,14-17H,5-6,8-10H2,1-4H3,(H,22,23,25)/t14-,15+,16+,17-/m1/s1. The Morgan fingerprint density at radius 1 is 1.37 bits per heavy atom. The van der Waals surface area contributed by atoms with Gasteiger partial charge in [0.2, 0.25) is 5.91 Å². The molecule has 4 rings (SSSR count). The molecule has 0 unspecified atom stereocenters. The second kappa shape index (κ2) is 7.34. The van der Waals surface area contributed by atoms with E-state index in [4.69, 9.17) is 9.51 Å². The SMILES string of the molecule is Cc1cc(NC(=O)CSc2nc(C)c(C)n2[C@H](C)[C@H]2C[C@H]3CC[C@H]2C3)no1. The number of carbonyl (C=O) groups is 1. The highest BCUT2D eigenvalue weighted by Crippen LogP contribution is 2.52. The lowest BCUT2D eigenvalue weighted by molar-refractivity contribution is -0.113. The summed E-state index contributed by atoms with van der Waals surface area (Å²) in [5, 5.41) is 7.54. The van der Waals surface area contributed by atoms with Crippen LogP contribution < -0.4 is 5.32 Å². The third kappa shape index (κ3) is 3.66. The molecule has 2 aromatic heterocycles. The van der Waals surface area contributed by atoms with Gasteiger partial charge in [-0.05, 0) is 64.7 Å². The number of nitrogens with one attached hydrogen (secondary N) is 1. The molecule has 0 radical (unpaired) electrons. The lowest BCUT2D eigenvalue weighted by atomic mass is 9.84. The van der Waals surface area contributed by atoms with Crippen molar-refractivity contribution in [2.75, 3.05) is 11.1 Å². The molecule has 146 valence electrons. The van der Waals surface area contributed by atoms with E-state index < -0.39 is 0 Å². The maximum atomic E-state index is 12.3. The van der Waals surface area contributed by atoms with Gasteiger partial charge in [-0.1, -0.05) is 23.3 Å². The summed E-state index contributed by atoms with van der Waals surface area (Å²) >= 11 is 1.50. The van der Waals surface area contributed by atoms with E-state index in [0.29, 0.717) is 23.4 Å². The maximum Gasteiger partial charge on any atom is 0.236 e. The Kier molecular flexibility index (Phi) is 5.05. The van der Waals surface area contributed by atoms with Crippen LogP contribution >= 0.6 is 11.8 Å². The van der Waals surface area contributed by atoms with Crippen LogP contribution in [-0.4, -0.2) is 26.4 Å². The summed E-state index contributed by atoms with van der Waals surface area (Å²) < 4.78 is 7.36. The fourth-order valence-corrected chi connectivity index (χ4v) is 5.96. The number of imidazole rings is 1. The summed E-state index contributed by atoms with van der Waals surface area (Å²) in [7, 11) is 0. The predicted molar refractivity (Wildman–Crippen MR) is 106 cm³/mol. The van der Waals surface area contributed by atoms with Crippen molar-refractivity contribution in [3.05, 3.63) is 23.2 Å². The van der Waals surface area contributed by atoms with Crippen molar-refractivity contribution in [2.24, 2.45) is 17.8 Å². The number of carbonyl (C=O) groups excluding carboxylic acids is 1. The third-order valence-electron chi connectivity index (χ3n) is 6.40. The van der Waals surface area contributed by atoms with Crippen LogP contribution in [0.25, 0.3) is 0 Å². The van der Waals surface area contributed by atoms with Crippen LogP contribution in [0.5, 0.6) is 0 Å². The number of aromatic nitrogens is 3. The Hall–Kier alpha value is -1.76. The van der Waals surface area contributed by atoms with Gasteiger partial charge in [-0.15, -0.1) is 0 Å². The largest absolute Gasteiger partial charge is 0.360 e. The molecule has 2 aliphatic carbocycles. The molecule has 4 atom stereocenters. The Balaban J connectivity index is 1.45. The molecular weight excluding hydrogens is 360 g/mol. The van der Waals surface area contributed by atoms with Crippen molar-refractivity contribution < 1.29 is 9.32 Å². The first-order valence-electron chi connectivity index (χ1n) is 9.83. The van der Waals surface area contributed by atoms with E-state index >= 15 is 0 Å². The highest BCUT2D eigenvalue weighted by Gasteiger charge is 2.43. The smallest absolute Gasteiger partial charge is 0.236 e. The molecule has 2 aliphatic rings. The molecule has 2 fully saturated rings. The normalized spacial score (nSPS) is 25.1.